The third-order valence-electron chi connectivity index (χ3n) is 4.35. The summed E-state index contributed by atoms with van der Waals surface area (Å²) in [6.45, 7) is 1.91. The van der Waals surface area contributed by atoms with E-state index in [-0.39, 0.29) is 11.6 Å². The maximum atomic E-state index is 13.1. The van der Waals surface area contributed by atoms with Gasteiger partial charge in [0.25, 0.3) is 5.91 Å². The van der Waals surface area contributed by atoms with Crippen molar-refractivity contribution in [1.82, 2.24) is 24.8 Å². The minimum Gasteiger partial charge on any atom is -0.346 e. The van der Waals surface area contributed by atoms with Crippen molar-refractivity contribution in [1.29, 1.82) is 0 Å². The number of hydrogen-bond donors (Lipinski definition) is 1. The number of imidazole rings is 1. The summed E-state index contributed by atoms with van der Waals surface area (Å²) < 4.78 is 40.7. The summed E-state index contributed by atoms with van der Waals surface area (Å²) in [6, 6.07) is 0.682. The van der Waals surface area contributed by atoms with E-state index in [1.54, 1.807) is 0 Å². The standard InChI is InChI=1S/C16H18F3N5O/c1-15(5-3-2-4-6-15)23-13(25)11-9-12(16(17,18)19)22-14(21-11)24-8-7-20-10-24/h7-10H,2-6H2,1H3,(H,23,25). The van der Waals surface area contributed by atoms with E-state index in [0.717, 1.165) is 32.1 Å². The van der Waals surface area contributed by atoms with Crippen LogP contribution in [0.25, 0.3) is 5.95 Å². The van der Waals surface area contributed by atoms with Crippen LogP contribution in [-0.4, -0.2) is 31.0 Å². The van der Waals surface area contributed by atoms with Gasteiger partial charge < -0.3 is 5.32 Å². The van der Waals surface area contributed by atoms with Crippen LogP contribution in [0.5, 0.6) is 0 Å². The first-order valence-corrected chi connectivity index (χ1v) is 8.04. The molecule has 2 heterocycles. The van der Waals surface area contributed by atoms with Crippen molar-refractivity contribution in [2.75, 3.05) is 0 Å². The molecule has 6 nitrogen and oxygen atoms in total. The molecule has 0 aromatic carbocycles. The van der Waals surface area contributed by atoms with Crippen molar-refractivity contribution in [3.8, 4) is 5.95 Å². The van der Waals surface area contributed by atoms with Gasteiger partial charge in [-0.1, -0.05) is 19.3 Å². The zero-order valence-electron chi connectivity index (χ0n) is 13.7. The van der Waals surface area contributed by atoms with E-state index >= 15 is 0 Å². The highest BCUT2D eigenvalue weighted by atomic mass is 19.4. The average molecular weight is 353 g/mol. The summed E-state index contributed by atoms with van der Waals surface area (Å²) >= 11 is 0. The van der Waals surface area contributed by atoms with Crippen molar-refractivity contribution < 1.29 is 18.0 Å². The van der Waals surface area contributed by atoms with Gasteiger partial charge in [-0.15, -0.1) is 0 Å². The Balaban J connectivity index is 1.94. The molecular weight excluding hydrogens is 335 g/mol. The molecule has 0 saturated heterocycles. The fraction of sp³-hybridized carbons (Fsp3) is 0.500. The predicted molar refractivity (Wildman–Crippen MR) is 83.1 cm³/mol. The number of aromatic nitrogens is 4. The molecule has 9 heteroatoms. The van der Waals surface area contributed by atoms with Crippen LogP contribution in [0.15, 0.2) is 24.8 Å². The molecule has 0 unspecified atom stereocenters. The van der Waals surface area contributed by atoms with E-state index in [4.69, 9.17) is 0 Å². The third kappa shape index (κ3) is 3.97. The molecule has 0 radical (unpaired) electrons. The second-order valence-corrected chi connectivity index (χ2v) is 6.48. The summed E-state index contributed by atoms with van der Waals surface area (Å²) in [5, 5.41) is 2.84. The van der Waals surface area contributed by atoms with Gasteiger partial charge in [0.2, 0.25) is 5.95 Å². The highest BCUT2D eigenvalue weighted by Gasteiger charge is 2.35. The van der Waals surface area contributed by atoms with Crippen molar-refractivity contribution in [3.63, 3.8) is 0 Å². The minimum absolute atomic E-state index is 0.244. The average Bonchev–Trinajstić information content (AvgIpc) is 3.08. The quantitative estimate of drug-likeness (QED) is 0.920. The predicted octanol–water partition coefficient (Wildman–Crippen LogP) is 3.13. The molecule has 1 saturated carbocycles. The third-order valence-corrected chi connectivity index (χ3v) is 4.35. The number of halogens is 3. The van der Waals surface area contributed by atoms with Gasteiger partial charge in [0.05, 0.1) is 0 Å². The normalized spacial score (nSPS) is 17.3. The van der Waals surface area contributed by atoms with Crippen molar-refractivity contribution >= 4 is 5.91 Å². The van der Waals surface area contributed by atoms with Crippen LogP contribution < -0.4 is 5.32 Å². The second kappa shape index (κ2) is 6.45. The van der Waals surface area contributed by atoms with Crippen LogP contribution in [0, 0.1) is 0 Å². The first kappa shape index (κ1) is 17.4. The van der Waals surface area contributed by atoms with E-state index in [0.29, 0.717) is 6.07 Å². The molecule has 0 atom stereocenters. The lowest BCUT2D eigenvalue weighted by Crippen LogP contribution is -2.47. The number of hydrogen-bond acceptors (Lipinski definition) is 4. The Labute approximate surface area is 142 Å². The number of amides is 1. The van der Waals surface area contributed by atoms with Crippen molar-refractivity contribution in [2.24, 2.45) is 0 Å². The van der Waals surface area contributed by atoms with Crippen LogP contribution >= 0.6 is 0 Å². The number of nitrogens with one attached hydrogen (secondary N) is 1. The Kier molecular flexibility index (Phi) is 4.49. The van der Waals surface area contributed by atoms with E-state index in [1.807, 2.05) is 6.92 Å². The smallest absolute Gasteiger partial charge is 0.346 e. The molecule has 0 aliphatic heterocycles. The van der Waals surface area contributed by atoms with E-state index in [9.17, 15) is 18.0 Å². The van der Waals surface area contributed by atoms with Gasteiger partial charge in [0, 0.05) is 24.0 Å². The molecule has 1 fully saturated rings. The SMILES string of the molecule is CC1(NC(=O)c2cc(C(F)(F)F)nc(-n3ccnc3)n2)CCCCC1. The number of rotatable bonds is 3. The van der Waals surface area contributed by atoms with Gasteiger partial charge in [0.1, 0.15) is 12.0 Å². The fourth-order valence-electron chi connectivity index (χ4n) is 2.98. The molecule has 2 aromatic rings. The zero-order chi connectivity index (χ0) is 18.1. The molecule has 1 amide bonds. The Bertz CT molecular complexity index is 752. The highest BCUT2D eigenvalue weighted by molar-refractivity contribution is 5.93. The van der Waals surface area contributed by atoms with Gasteiger partial charge in [-0.05, 0) is 19.8 Å². The molecule has 0 bridgehead atoms. The fourth-order valence-corrected chi connectivity index (χ4v) is 2.98. The van der Waals surface area contributed by atoms with Crippen LogP contribution in [0.3, 0.4) is 0 Å². The summed E-state index contributed by atoms with van der Waals surface area (Å²) in [4.78, 5) is 23.8. The maximum absolute atomic E-state index is 13.1. The highest BCUT2D eigenvalue weighted by Crippen LogP contribution is 2.30. The molecule has 2 aromatic heterocycles. The molecular formula is C16H18F3N5O. The molecule has 1 N–H and O–H groups in total. The second-order valence-electron chi connectivity index (χ2n) is 6.48. The van der Waals surface area contributed by atoms with Crippen LogP contribution in [-0.2, 0) is 6.18 Å². The first-order chi connectivity index (χ1) is 11.8. The van der Waals surface area contributed by atoms with Crippen molar-refractivity contribution in [3.05, 3.63) is 36.2 Å². The Hall–Kier alpha value is -2.45. The van der Waals surface area contributed by atoms with Gasteiger partial charge in [-0.3, -0.25) is 9.36 Å². The van der Waals surface area contributed by atoms with E-state index < -0.39 is 23.3 Å². The molecule has 0 spiro atoms. The largest absolute Gasteiger partial charge is 0.433 e. The maximum Gasteiger partial charge on any atom is 0.433 e. The van der Waals surface area contributed by atoms with Gasteiger partial charge in [0.15, 0.2) is 5.69 Å². The van der Waals surface area contributed by atoms with Gasteiger partial charge in [-0.2, -0.15) is 13.2 Å². The minimum atomic E-state index is -4.68. The number of alkyl halides is 3. The lowest BCUT2D eigenvalue weighted by Gasteiger charge is -2.34. The summed E-state index contributed by atoms with van der Waals surface area (Å²) in [5.74, 6) is -0.870. The molecule has 3 rings (SSSR count). The van der Waals surface area contributed by atoms with Crippen LogP contribution in [0.4, 0.5) is 13.2 Å². The first-order valence-electron chi connectivity index (χ1n) is 8.04. The Morgan fingerprint density at radius 2 is 1.96 bits per heavy atom. The number of carbonyl (C=O) groups excluding carboxylic acids is 1. The monoisotopic (exact) mass is 353 g/mol. The van der Waals surface area contributed by atoms with Crippen molar-refractivity contribution in [2.45, 2.75) is 50.7 Å². The molecule has 1 aliphatic carbocycles. The van der Waals surface area contributed by atoms with Gasteiger partial charge >= 0.3 is 6.18 Å². The summed E-state index contributed by atoms with van der Waals surface area (Å²) in [7, 11) is 0. The lowest BCUT2D eigenvalue weighted by molar-refractivity contribution is -0.141. The molecule has 1 aliphatic rings. The van der Waals surface area contributed by atoms with E-state index in [1.165, 1.54) is 23.3 Å². The molecule has 134 valence electrons. The van der Waals surface area contributed by atoms with Crippen LogP contribution in [0.1, 0.15) is 55.2 Å². The van der Waals surface area contributed by atoms with E-state index in [2.05, 4.69) is 20.3 Å². The summed E-state index contributed by atoms with van der Waals surface area (Å²) in [5.41, 5.74) is -1.89. The zero-order valence-corrected chi connectivity index (χ0v) is 13.7. The summed E-state index contributed by atoms with van der Waals surface area (Å²) in [6.07, 6.45) is 4.06. The molecule has 25 heavy (non-hydrogen) atoms. The Morgan fingerprint density at radius 3 is 2.56 bits per heavy atom. The number of nitrogens with zero attached hydrogens (tertiary/aromatic N) is 4. The van der Waals surface area contributed by atoms with Crippen LogP contribution in [0.2, 0.25) is 0 Å². The lowest BCUT2D eigenvalue weighted by atomic mass is 9.83. The number of carbonyl (C=O) groups is 1. The Morgan fingerprint density at radius 1 is 1.24 bits per heavy atom. The topological polar surface area (TPSA) is 72.7 Å². The van der Waals surface area contributed by atoms with Gasteiger partial charge in [-0.25, -0.2) is 15.0 Å².